The molecule has 0 amide bonds. The number of rotatable bonds is 1. The molecule has 2 aliphatic heterocycles. The zero-order chi connectivity index (χ0) is 8.39. The molecule has 2 heterocycles. The molecule has 0 bridgehead atoms. The van der Waals surface area contributed by atoms with E-state index in [0.29, 0.717) is 6.04 Å². The van der Waals surface area contributed by atoms with Gasteiger partial charge in [0, 0.05) is 38.3 Å². The van der Waals surface area contributed by atoms with Gasteiger partial charge in [0.15, 0.2) is 0 Å². The van der Waals surface area contributed by atoms with Crippen LogP contribution in [0.15, 0.2) is 0 Å². The van der Waals surface area contributed by atoms with Crippen molar-refractivity contribution in [3.05, 3.63) is 0 Å². The molecule has 1 N–H and O–H groups in total. The number of hydrogen-bond acceptors (Lipinski definition) is 3. The molecule has 0 aliphatic carbocycles. The normalized spacial score (nSPS) is 34.2. The van der Waals surface area contributed by atoms with Crippen LogP contribution in [-0.4, -0.2) is 49.8 Å². The Balaban J connectivity index is 1.90. The zero-order valence-corrected chi connectivity index (χ0v) is 7.75. The molecule has 0 aromatic carbocycles. The van der Waals surface area contributed by atoms with Crippen molar-refractivity contribution in [1.29, 1.82) is 0 Å². The van der Waals surface area contributed by atoms with Crippen LogP contribution in [0.25, 0.3) is 0 Å². The lowest BCUT2D eigenvalue weighted by Crippen LogP contribution is -2.59. The third-order valence-electron chi connectivity index (χ3n) is 2.86. The molecule has 0 aromatic rings. The van der Waals surface area contributed by atoms with E-state index in [1.807, 2.05) is 0 Å². The molecular formula is C9H18N2O. The fourth-order valence-corrected chi connectivity index (χ4v) is 1.97. The topological polar surface area (TPSA) is 24.5 Å². The molecule has 70 valence electrons. The summed E-state index contributed by atoms with van der Waals surface area (Å²) in [5.74, 6) is 0. The summed E-state index contributed by atoms with van der Waals surface area (Å²) in [7, 11) is 0. The Labute approximate surface area is 74.1 Å². The van der Waals surface area contributed by atoms with Crippen molar-refractivity contribution in [3.63, 3.8) is 0 Å². The minimum absolute atomic E-state index is 0.611. The largest absolute Gasteiger partial charge is 0.380 e. The number of ether oxygens (including phenoxy) is 1. The van der Waals surface area contributed by atoms with Gasteiger partial charge in [0.25, 0.3) is 0 Å². The van der Waals surface area contributed by atoms with Gasteiger partial charge in [-0.05, 0) is 13.3 Å². The Morgan fingerprint density at radius 1 is 1.42 bits per heavy atom. The molecule has 0 aromatic heterocycles. The summed E-state index contributed by atoms with van der Waals surface area (Å²) in [5, 5.41) is 3.32. The van der Waals surface area contributed by atoms with Gasteiger partial charge in [-0.3, -0.25) is 4.90 Å². The maximum Gasteiger partial charge on any atom is 0.0619 e. The molecule has 2 saturated heterocycles. The average molecular weight is 170 g/mol. The summed E-state index contributed by atoms with van der Waals surface area (Å²) >= 11 is 0. The van der Waals surface area contributed by atoms with Crippen molar-refractivity contribution >= 4 is 0 Å². The van der Waals surface area contributed by atoms with E-state index in [1.165, 1.54) is 26.1 Å². The molecule has 0 radical (unpaired) electrons. The van der Waals surface area contributed by atoms with Crippen molar-refractivity contribution in [3.8, 4) is 0 Å². The van der Waals surface area contributed by atoms with Gasteiger partial charge in [-0.1, -0.05) is 0 Å². The molecular weight excluding hydrogens is 152 g/mol. The molecule has 0 spiro atoms. The zero-order valence-electron chi connectivity index (χ0n) is 7.75. The molecule has 2 fully saturated rings. The highest BCUT2D eigenvalue weighted by molar-refractivity contribution is 4.87. The Bertz CT molecular complexity index is 147. The van der Waals surface area contributed by atoms with Crippen LogP contribution in [0.3, 0.4) is 0 Å². The summed E-state index contributed by atoms with van der Waals surface area (Å²) in [5.41, 5.74) is 0. The molecule has 1 atom stereocenters. The highest BCUT2D eigenvalue weighted by Crippen LogP contribution is 2.13. The van der Waals surface area contributed by atoms with Crippen molar-refractivity contribution in [1.82, 2.24) is 10.2 Å². The predicted molar refractivity (Wildman–Crippen MR) is 48.3 cm³/mol. The highest BCUT2D eigenvalue weighted by Gasteiger charge is 2.28. The minimum atomic E-state index is 0.611. The number of nitrogens with one attached hydrogen (secondary N) is 1. The van der Waals surface area contributed by atoms with E-state index in [-0.39, 0.29) is 0 Å². The molecule has 3 heteroatoms. The smallest absolute Gasteiger partial charge is 0.0619 e. The van der Waals surface area contributed by atoms with Crippen molar-refractivity contribution in [2.24, 2.45) is 0 Å². The lowest BCUT2D eigenvalue weighted by atomic mass is 10.1. The van der Waals surface area contributed by atoms with E-state index in [2.05, 4.69) is 17.1 Å². The highest BCUT2D eigenvalue weighted by atomic mass is 16.5. The van der Waals surface area contributed by atoms with Gasteiger partial charge in [0.1, 0.15) is 0 Å². The molecule has 1 unspecified atom stereocenters. The van der Waals surface area contributed by atoms with E-state index >= 15 is 0 Å². The maximum atomic E-state index is 5.49. The maximum absolute atomic E-state index is 5.49. The second kappa shape index (κ2) is 3.73. The van der Waals surface area contributed by atoms with Crippen LogP contribution in [0.4, 0.5) is 0 Å². The lowest BCUT2D eigenvalue weighted by Gasteiger charge is -2.40. The Morgan fingerprint density at radius 2 is 2.25 bits per heavy atom. The van der Waals surface area contributed by atoms with Crippen LogP contribution in [0.5, 0.6) is 0 Å². The lowest BCUT2D eigenvalue weighted by molar-refractivity contribution is 0.0706. The average Bonchev–Trinajstić information content (AvgIpc) is 2.13. The van der Waals surface area contributed by atoms with E-state index in [9.17, 15) is 0 Å². The summed E-state index contributed by atoms with van der Waals surface area (Å²) < 4.78 is 5.49. The monoisotopic (exact) mass is 170 g/mol. The molecule has 2 rings (SSSR count). The number of hydrogen-bond donors (Lipinski definition) is 1. The van der Waals surface area contributed by atoms with Crippen molar-refractivity contribution in [2.75, 3.05) is 32.8 Å². The van der Waals surface area contributed by atoms with Gasteiger partial charge in [0.05, 0.1) is 6.61 Å². The van der Waals surface area contributed by atoms with Gasteiger partial charge in [0.2, 0.25) is 0 Å². The first-order valence-electron chi connectivity index (χ1n) is 4.92. The van der Waals surface area contributed by atoms with Crippen molar-refractivity contribution in [2.45, 2.75) is 25.4 Å². The first-order valence-corrected chi connectivity index (χ1v) is 4.92. The van der Waals surface area contributed by atoms with E-state index < -0.39 is 0 Å². The Morgan fingerprint density at radius 3 is 2.92 bits per heavy atom. The van der Waals surface area contributed by atoms with Crippen LogP contribution in [-0.2, 0) is 4.74 Å². The molecule has 12 heavy (non-hydrogen) atoms. The minimum Gasteiger partial charge on any atom is -0.380 e. The van der Waals surface area contributed by atoms with Gasteiger partial charge in [-0.2, -0.15) is 0 Å². The Hall–Kier alpha value is -0.120. The summed E-state index contributed by atoms with van der Waals surface area (Å²) in [6.45, 7) is 7.68. The quantitative estimate of drug-likeness (QED) is 0.602. The first-order chi connectivity index (χ1) is 5.88. The number of nitrogens with zero attached hydrogens (tertiary/aromatic N) is 1. The third kappa shape index (κ3) is 1.63. The third-order valence-corrected chi connectivity index (χ3v) is 2.86. The molecule has 0 saturated carbocycles. The first kappa shape index (κ1) is 8.48. The fourth-order valence-electron chi connectivity index (χ4n) is 1.97. The van der Waals surface area contributed by atoms with E-state index in [0.717, 1.165) is 19.3 Å². The fraction of sp³-hybridized carbons (Fsp3) is 1.00. The second-order valence-corrected chi connectivity index (χ2v) is 3.83. The predicted octanol–water partition coefficient (Wildman–Crippen LogP) is 0.0690. The van der Waals surface area contributed by atoms with Gasteiger partial charge in [-0.25, -0.2) is 0 Å². The van der Waals surface area contributed by atoms with Crippen molar-refractivity contribution < 1.29 is 4.74 Å². The second-order valence-electron chi connectivity index (χ2n) is 3.83. The van der Waals surface area contributed by atoms with E-state index in [4.69, 9.17) is 4.74 Å². The van der Waals surface area contributed by atoms with Crippen LogP contribution >= 0.6 is 0 Å². The summed E-state index contributed by atoms with van der Waals surface area (Å²) in [6.07, 6.45) is 1.20. The van der Waals surface area contributed by atoms with Crippen LogP contribution in [0, 0.1) is 0 Å². The van der Waals surface area contributed by atoms with Crippen LogP contribution in [0.1, 0.15) is 13.3 Å². The molecule has 3 nitrogen and oxygen atoms in total. The Kier molecular flexibility index (Phi) is 2.63. The van der Waals surface area contributed by atoms with Gasteiger partial charge < -0.3 is 10.1 Å². The molecule has 2 aliphatic rings. The van der Waals surface area contributed by atoms with Crippen LogP contribution in [0.2, 0.25) is 0 Å². The SMILES string of the molecule is CC1COCCCN1C1CNC1. The summed E-state index contributed by atoms with van der Waals surface area (Å²) in [4.78, 5) is 2.59. The van der Waals surface area contributed by atoms with Gasteiger partial charge in [-0.15, -0.1) is 0 Å². The van der Waals surface area contributed by atoms with Gasteiger partial charge >= 0.3 is 0 Å². The van der Waals surface area contributed by atoms with Crippen LogP contribution < -0.4 is 5.32 Å². The summed E-state index contributed by atoms with van der Waals surface area (Å²) in [6, 6.07) is 1.39. The van der Waals surface area contributed by atoms with E-state index in [1.54, 1.807) is 0 Å². The standard InChI is InChI=1S/C9H18N2O/c1-8-7-12-4-2-3-11(8)9-5-10-6-9/h8-10H,2-7H2,1H3.